The lowest BCUT2D eigenvalue weighted by atomic mass is 9.99. The SMILES string of the molecule is CCc1cccc(CNC[C@H](O)[C@H](Cc2cc(F)cc(F)c2)NC(=O)c2ccc3[nH]ccc3c2)c1. The lowest BCUT2D eigenvalue weighted by Gasteiger charge is -2.25. The molecule has 1 amide bonds. The summed E-state index contributed by atoms with van der Waals surface area (Å²) in [6.45, 7) is 2.83. The number of carbonyl (C=O) groups is 1. The summed E-state index contributed by atoms with van der Waals surface area (Å²) in [6, 6.07) is 17.7. The van der Waals surface area contributed by atoms with Gasteiger partial charge >= 0.3 is 0 Å². The van der Waals surface area contributed by atoms with E-state index in [1.54, 1.807) is 18.3 Å². The Morgan fingerprint density at radius 2 is 1.74 bits per heavy atom. The Bertz CT molecular complexity index is 1280. The standard InChI is InChI=1S/C28H29F2N3O2/c1-2-18-4-3-5-19(10-18)16-31-17-27(34)26(13-20-11-23(29)15-24(30)12-20)33-28(35)22-6-7-25-21(14-22)8-9-32-25/h3-12,14-15,26-27,31-32,34H,2,13,16-17H2,1H3,(H,33,35)/t26-,27-/m0/s1. The van der Waals surface area contributed by atoms with Gasteiger partial charge in [0.1, 0.15) is 11.6 Å². The van der Waals surface area contributed by atoms with Crippen LogP contribution in [0.5, 0.6) is 0 Å². The number of hydrogen-bond acceptors (Lipinski definition) is 3. The number of H-pyrrole nitrogens is 1. The molecule has 0 unspecified atom stereocenters. The van der Waals surface area contributed by atoms with E-state index < -0.39 is 23.8 Å². The fourth-order valence-corrected chi connectivity index (χ4v) is 4.18. The van der Waals surface area contributed by atoms with Gasteiger partial charge in [0, 0.05) is 41.8 Å². The third-order valence-electron chi connectivity index (χ3n) is 6.06. The average Bonchev–Trinajstić information content (AvgIpc) is 3.31. The zero-order chi connectivity index (χ0) is 24.8. The molecule has 182 valence electrons. The number of aliphatic hydroxyl groups excluding tert-OH is 1. The molecule has 0 aliphatic rings. The van der Waals surface area contributed by atoms with Crippen LogP contribution in [0.4, 0.5) is 8.78 Å². The Morgan fingerprint density at radius 3 is 2.51 bits per heavy atom. The van der Waals surface area contributed by atoms with Gasteiger partial charge in [0.05, 0.1) is 12.1 Å². The second-order valence-corrected chi connectivity index (χ2v) is 8.71. The highest BCUT2D eigenvalue weighted by atomic mass is 19.1. The fourth-order valence-electron chi connectivity index (χ4n) is 4.18. The Kier molecular flexibility index (Phi) is 7.90. The topological polar surface area (TPSA) is 77.2 Å². The van der Waals surface area contributed by atoms with E-state index in [0.29, 0.717) is 17.7 Å². The number of benzene rings is 3. The third kappa shape index (κ3) is 6.53. The van der Waals surface area contributed by atoms with Crippen LogP contribution in [0.1, 0.15) is 34.0 Å². The number of rotatable bonds is 10. The zero-order valence-corrected chi connectivity index (χ0v) is 19.5. The molecule has 4 aromatic rings. The van der Waals surface area contributed by atoms with Crippen LogP contribution >= 0.6 is 0 Å². The van der Waals surface area contributed by atoms with Gasteiger partial charge in [-0.1, -0.05) is 31.2 Å². The summed E-state index contributed by atoms with van der Waals surface area (Å²) in [5.74, 6) is -1.78. The van der Waals surface area contributed by atoms with Crippen molar-refractivity contribution in [2.45, 2.75) is 38.5 Å². The minimum Gasteiger partial charge on any atom is -0.390 e. The van der Waals surface area contributed by atoms with Crippen molar-refractivity contribution in [1.29, 1.82) is 0 Å². The van der Waals surface area contributed by atoms with Crippen LogP contribution in [0.2, 0.25) is 0 Å². The van der Waals surface area contributed by atoms with Crippen molar-refractivity contribution in [3.63, 3.8) is 0 Å². The van der Waals surface area contributed by atoms with Gasteiger partial charge in [-0.25, -0.2) is 8.78 Å². The van der Waals surface area contributed by atoms with E-state index in [0.717, 1.165) is 29.0 Å². The summed E-state index contributed by atoms with van der Waals surface area (Å²) < 4.78 is 27.5. The molecule has 0 fully saturated rings. The van der Waals surface area contributed by atoms with E-state index in [4.69, 9.17) is 0 Å². The van der Waals surface area contributed by atoms with E-state index >= 15 is 0 Å². The van der Waals surface area contributed by atoms with Crippen LogP contribution < -0.4 is 10.6 Å². The molecule has 1 heterocycles. The van der Waals surface area contributed by atoms with E-state index in [2.05, 4.69) is 34.7 Å². The molecule has 7 heteroatoms. The monoisotopic (exact) mass is 477 g/mol. The lowest BCUT2D eigenvalue weighted by molar-refractivity contribution is 0.0830. The number of carbonyl (C=O) groups excluding carboxylic acids is 1. The molecule has 0 aliphatic heterocycles. The second-order valence-electron chi connectivity index (χ2n) is 8.71. The first-order chi connectivity index (χ1) is 16.9. The summed E-state index contributed by atoms with van der Waals surface area (Å²) in [6.07, 6.45) is 1.81. The van der Waals surface area contributed by atoms with Gasteiger partial charge in [0.2, 0.25) is 0 Å². The summed E-state index contributed by atoms with van der Waals surface area (Å²) in [4.78, 5) is 16.1. The van der Waals surface area contributed by atoms with E-state index in [9.17, 15) is 18.7 Å². The molecule has 0 saturated heterocycles. The van der Waals surface area contributed by atoms with Crippen molar-refractivity contribution in [3.8, 4) is 0 Å². The number of aliphatic hydroxyl groups is 1. The number of hydrogen-bond donors (Lipinski definition) is 4. The molecule has 1 aromatic heterocycles. The van der Waals surface area contributed by atoms with E-state index in [1.165, 1.54) is 17.7 Å². The van der Waals surface area contributed by atoms with Crippen molar-refractivity contribution >= 4 is 16.8 Å². The lowest BCUT2D eigenvalue weighted by Crippen LogP contribution is -2.48. The highest BCUT2D eigenvalue weighted by molar-refractivity contribution is 5.98. The molecule has 3 aromatic carbocycles. The molecule has 0 bridgehead atoms. The Hall–Kier alpha value is -3.55. The van der Waals surface area contributed by atoms with Crippen molar-refractivity contribution < 1.29 is 18.7 Å². The molecular formula is C28H29F2N3O2. The van der Waals surface area contributed by atoms with Gasteiger partial charge in [-0.15, -0.1) is 0 Å². The van der Waals surface area contributed by atoms with Crippen LogP contribution in [0.3, 0.4) is 0 Å². The second kappa shape index (κ2) is 11.3. The molecule has 0 spiro atoms. The fraction of sp³-hybridized carbons (Fsp3) is 0.250. The number of aromatic amines is 1. The first kappa shape index (κ1) is 24.6. The smallest absolute Gasteiger partial charge is 0.251 e. The van der Waals surface area contributed by atoms with Gasteiger partial charge in [-0.3, -0.25) is 4.79 Å². The first-order valence-electron chi connectivity index (χ1n) is 11.7. The molecule has 4 rings (SSSR count). The number of amides is 1. The van der Waals surface area contributed by atoms with Gasteiger partial charge in [0.25, 0.3) is 5.91 Å². The largest absolute Gasteiger partial charge is 0.390 e. The molecule has 2 atom stereocenters. The average molecular weight is 478 g/mol. The highest BCUT2D eigenvalue weighted by Gasteiger charge is 2.23. The van der Waals surface area contributed by atoms with E-state index in [-0.39, 0.29) is 18.9 Å². The molecule has 0 aliphatic carbocycles. The normalized spacial score (nSPS) is 13.0. The molecule has 35 heavy (non-hydrogen) atoms. The zero-order valence-electron chi connectivity index (χ0n) is 19.5. The van der Waals surface area contributed by atoms with Gasteiger partial charge < -0.3 is 20.7 Å². The van der Waals surface area contributed by atoms with Crippen molar-refractivity contribution in [2.24, 2.45) is 0 Å². The summed E-state index contributed by atoms with van der Waals surface area (Å²) in [5, 5.41) is 17.9. The Morgan fingerprint density at radius 1 is 0.971 bits per heavy atom. The Balaban J connectivity index is 1.47. The van der Waals surface area contributed by atoms with Gasteiger partial charge in [-0.2, -0.15) is 0 Å². The summed E-state index contributed by atoms with van der Waals surface area (Å²) in [5.41, 5.74) is 4.00. The predicted molar refractivity (Wildman–Crippen MR) is 133 cm³/mol. The maximum atomic E-state index is 13.8. The molecule has 0 saturated carbocycles. The van der Waals surface area contributed by atoms with Crippen LogP contribution in [-0.2, 0) is 19.4 Å². The van der Waals surface area contributed by atoms with Crippen LogP contribution in [0.25, 0.3) is 10.9 Å². The highest BCUT2D eigenvalue weighted by Crippen LogP contribution is 2.16. The van der Waals surface area contributed by atoms with Crippen molar-refractivity contribution in [3.05, 3.63) is 107 Å². The molecule has 0 radical (unpaired) electrons. The molecule has 5 nitrogen and oxygen atoms in total. The third-order valence-corrected chi connectivity index (χ3v) is 6.06. The molecule has 4 N–H and O–H groups in total. The van der Waals surface area contributed by atoms with Crippen molar-refractivity contribution in [2.75, 3.05) is 6.54 Å². The van der Waals surface area contributed by atoms with Crippen LogP contribution in [0.15, 0.2) is 72.9 Å². The van der Waals surface area contributed by atoms with Crippen molar-refractivity contribution in [1.82, 2.24) is 15.6 Å². The maximum Gasteiger partial charge on any atom is 0.251 e. The quantitative estimate of drug-likeness (QED) is 0.272. The summed E-state index contributed by atoms with van der Waals surface area (Å²) in [7, 11) is 0. The predicted octanol–water partition coefficient (Wildman–Crippen LogP) is 4.50. The van der Waals surface area contributed by atoms with Gasteiger partial charge in [0.15, 0.2) is 0 Å². The Labute approximate surface area is 203 Å². The number of nitrogens with one attached hydrogen (secondary N) is 3. The first-order valence-corrected chi connectivity index (χ1v) is 11.7. The van der Waals surface area contributed by atoms with Crippen LogP contribution in [-0.4, -0.2) is 34.7 Å². The number of aromatic nitrogens is 1. The van der Waals surface area contributed by atoms with E-state index in [1.807, 2.05) is 24.3 Å². The van der Waals surface area contributed by atoms with Crippen LogP contribution in [0, 0.1) is 11.6 Å². The van der Waals surface area contributed by atoms with Gasteiger partial charge in [-0.05, 0) is 65.9 Å². The number of halogens is 2. The molecular weight excluding hydrogens is 448 g/mol. The minimum absolute atomic E-state index is 0.0704. The number of aryl methyl sites for hydroxylation is 1. The number of fused-ring (bicyclic) bond motifs is 1. The summed E-state index contributed by atoms with van der Waals surface area (Å²) >= 11 is 0. The minimum atomic E-state index is -0.990. The maximum absolute atomic E-state index is 13.8.